The van der Waals surface area contributed by atoms with Crippen molar-refractivity contribution < 1.29 is 9.59 Å². The van der Waals surface area contributed by atoms with Crippen LogP contribution in [0.4, 0.5) is 0 Å². The number of rotatable bonds is 3. The molecular weight excluding hydrogens is 276 g/mol. The van der Waals surface area contributed by atoms with Gasteiger partial charge in [0.1, 0.15) is 5.94 Å². The molecular formula is C18H26N2O2. The first kappa shape index (κ1) is 16.7. The van der Waals surface area contributed by atoms with Gasteiger partial charge >= 0.3 is 0 Å². The number of nitrogens with zero attached hydrogens (tertiary/aromatic N) is 1. The summed E-state index contributed by atoms with van der Waals surface area (Å²) in [6.45, 7) is 6.32. The van der Waals surface area contributed by atoms with E-state index in [-0.39, 0.29) is 11.4 Å². The molecule has 0 aliphatic heterocycles. The lowest BCUT2D eigenvalue weighted by molar-refractivity contribution is -0.133. The largest absolute Gasteiger partial charge is 0.287 e. The Bertz CT molecular complexity index is 516. The molecule has 120 valence electrons. The van der Waals surface area contributed by atoms with Gasteiger partial charge in [-0.2, -0.15) is 0 Å². The van der Waals surface area contributed by atoms with E-state index >= 15 is 0 Å². The predicted octanol–water partition coefficient (Wildman–Crippen LogP) is 2.95. The number of amides is 1. The minimum absolute atomic E-state index is 0.153. The number of carbonyl (C=O) groups excluding carboxylic acids is 2. The Morgan fingerprint density at radius 1 is 1.23 bits per heavy atom. The molecule has 0 radical (unpaired) electrons. The van der Waals surface area contributed by atoms with Crippen molar-refractivity contribution in [1.82, 2.24) is 10.4 Å². The highest BCUT2D eigenvalue weighted by atomic mass is 16.2. The summed E-state index contributed by atoms with van der Waals surface area (Å²) in [5, 5.41) is 2.09. The summed E-state index contributed by atoms with van der Waals surface area (Å²) in [4.78, 5) is 23.6. The van der Waals surface area contributed by atoms with Gasteiger partial charge in [0.25, 0.3) is 0 Å². The first-order valence-corrected chi connectivity index (χ1v) is 8.13. The summed E-state index contributed by atoms with van der Waals surface area (Å²) < 4.78 is 0. The van der Waals surface area contributed by atoms with Crippen LogP contribution in [0.5, 0.6) is 0 Å². The molecule has 4 nitrogen and oxygen atoms in total. The zero-order chi connectivity index (χ0) is 16.2. The lowest BCUT2D eigenvalue weighted by Gasteiger charge is -2.43. The van der Waals surface area contributed by atoms with Crippen LogP contribution in [0.25, 0.3) is 0 Å². The van der Waals surface area contributed by atoms with E-state index in [2.05, 4.69) is 31.2 Å². The Morgan fingerprint density at radius 3 is 2.50 bits per heavy atom. The average molecular weight is 302 g/mol. The van der Waals surface area contributed by atoms with Gasteiger partial charge in [-0.25, -0.2) is 9.80 Å². The van der Waals surface area contributed by atoms with E-state index < -0.39 is 5.92 Å². The van der Waals surface area contributed by atoms with Gasteiger partial charge in [0.15, 0.2) is 0 Å². The average Bonchev–Trinajstić information content (AvgIpc) is 2.52. The first-order chi connectivity index (χ1) is 10.4. The smallest absolute Gasteiger partial charge is 0.246 e. The van der Waals surface area contributed by atoms with Crippen LogP contribution in [-0.4, -0.2) is 28.4 Å². The third-order valence-corrected chi connectivity index (χ3v) is 4.32. The van der Waals surface area contributed by atoms with E-state index in [1.54, 1.807) is 24.3 Å². The van der Waals surface area contributed by atoms with Gasteiger partial charge in [0.05, 0.1) is 11.5 Å². The molecule has 0 aromatic heterocycles. The summed E-state index contributed by atoms with van der Waals surface area (Å²) >= 11 is 0. The summed E-state index contributed by atoms with van der Waals surface area (Å²) in [7, 11) is 0. The molecule has 4 heteroatoms. The van der Waals surface area contributed by atoms with Crippen molar-refractivity contribution in [3.8, 4) is 0 Å². The number of hydrazine groups is 1. The molecule has 1 saturated carbocycles. The monoisotopic (exact) mass is 302 g/mol. The van der Waals surface area contributed by atoms with Crippen molar-refractivity contribution in [2.75, 3.05) is 0 Å². The van der Waals surface area contributed by atoms with Crippen molar-refractivity contribution >= 4 is 11.8 Å². The summed E-state index contributed by atoms with van der Waals surface area (Å²) in [6.07, 6.45) is 12.9. The maximum Gasteiger partial charge on any atom is 0.246 e. The number of hydrogen-bond donors (Lipinski definition) is 1. The van der Waals surface area contributed by atoms with Crippen LogP contribution in [0, 0.1) is 5.92 Å². The molecule has 0 spiro atoms. The molecule has 1 N–H and O–H groups in total. The number of carbonyl (C=O) groups is 1. The SMILES string of the molecule is CC(C)(C)N(NC(=O)C1C=CC=CC1=C=O)C1CCCCC1. The minimum Gasteiger partial charge on any atom is -0.287 e. The van der Waals surface area contributed by atoms with E-state index in [1.807, 2.05) is 5.94 Å². The van der Waals surface area contributed by atoms with E-state index in [4.69, 9.17) is 0 Å². The summed E-state index contributed by atoms with van der Waals surface area (Å²) in [5.41, 5.74) is 3.30. The fourth-order valence-electron chi connectivity index (χ4n) is 3.20. The molecule has 1 unspecified atom stereocenters. The van der Waals surface area contributed by atoms with Crippen molar-refractivity contribution in [3.63, 3.8) is 0 Å². The van der Waals surface area contributed by atoms with Gasteiger partial charge in [-0.1, -0.05) is 37.5 Å². The number of hydrogen-bond acceptors (Lipinski definition) is 3. The third-order valence-electron chi connectivity index (χ3n) is 4.32. The molecule has 0 heterocycles. The second-order valence-corrected chi connectivity index (χ2v) is 7.09. The lowest BCUT2D eigenvalue weighted by Crippen LogP contribution is -2.59. The zero-order valence-corrected chi connectivity index (χ0v) is 13.8. The van der Waals surface area contributed by atoms with Crippen LogP contribution in [-0.2, 0) is 9.59 Å². The van der Waals surface area contributed by atoms with Gasteiger partial charge < -0.3 is 0 Å². The molecule has 0 aromatic carbocycles. The molecule has 2 aliphatic carbocycles. The molecule has 1 atom stereocenters. The van der Waals surface area contributed by atoms with Crippen LogP contribution in [0.1, 0.15) is 52.9 Å². The molecule has 2 aliphatic rings. The molecule has 2 rings (SSSR count). The van der Waals surface area contributed by atoms with E-state index in [9.17, 15) is 9.59 Å². The van der Waals surface area contributed by atoms with Crippen molar-refractivity contribution in [1.29, 1.82) is 0 Å². The fraction of sp³-hybridized carbons (Fsp3) is 0.611. The molecule has 0 bridgehead atoms. The molecule has 0 saturated heterocycles. The van der Waals surface area contributed by atoms with Gasteiger partial charge in [-0.05, 0) is 39.7 Å². The Balaban J connectivity index is 2.13. The highest BCUT2D eigenvalue weighted by molar-refractivity contribution is 5.87. The lowest BCUT2D eigenvalue weighted by atomic mass is 9.91. The maximum atomic E-state index is 12.6. The zero-order valence-electron chi connectivity index (χ0n) is 13.8. The van der Waals surface area contributed by atoms with Gasteiger partial charge in [-0.15, -0.1) is 0 Å². The third kappa shape index (κ3) is 3.96. The van der Waals surface area contributed by atoms with Gasteiger partial charge in [-0.3, -0.25) is 10.2 Å². The predicted molar refractivity (Wildman–Crippen MR) is 87.6 cm³/mol. The first-order valence-electron chi connectivity index (χ1n) is 8.13. The molecule has 1 amide bonds. The minimum atomic E-state index is -0.545. The number of nitrogens with one attached hydrogen (secondary N) is 1. The highest BCUT2D eigenvalue weighted by Crippen LogP contribution is 2.27. The van der Waals surface area contributed by atoms with Crippen molar-refractivity contribution in [3.05, 3.63) is 29.9 Å². The standard InChI is InChI=1S/C18H26N2O2/c1-18(2,3)20(15-10-5-4-6-11-15)19-17(22)16-12-8-7-9-14(16)13-21/h7-9,12,15-16H,4-6,10-11H2,1-3H3,(H,19,22). The number of allylic oxidation sites excluding steroid dienone is 3. The van der Waals surface area contributed by atoms with E-state index in [0.717, 1.165) is 12.8 Å². The van der Waals surface area contributed by atoms with E-state index in [0.29, 0.717) is 11.6 Å². The van der Waals surface area contributed by atoms with Gasteiger partial charge in [0, 0.05) is 11.6 Å². The van der Waals surface area contributed by atoms with E-state index in [1.165, 1.54) is 19.3 Å². The molecule has 0 aromatic rings. The summed E-state index contributed by atoms with van der Waals surface area (Å²) in [5.74, 6) is 1.18. The van der Waals surface area contributed by atoms with Crippen LogP contribution >= 0.6 is 0 Å². The fourth-order valence-corrected chi connectivity index (χ4v) is 3.20. The molecule has 22 heavy (non-hydrogen) atoms. The summed E-state index contributed by atoms with van der Waals surface area (Å²) in [6, 6.07) is 0.365. The van der Waals surface area contributed by atoms with Crippen LogP contribution in [0.15, 0.2) is 29.9 Å². The Morgan fingerprint density at radius 2 is 1.91 bits per heavy atom. The normalized spacial score (nSPS) is 22.7. The quantitative estimate of drug-likeness (QED) is 0.644. The second kappa shape index (κ2) is 7.08. The van der Waals surface area contributed by atoms with Crippen molar-refractivity contribution in [2.45, 2.75) is 64.5 Å². The Kier molecular flexibility index (Phi) is 5.38. The Hall–Kier alpha value is -1.64. The highest BCUT2D eigenvalue weighted by Gasteiger charge is 2.33. The molecule has 1 fully saturated rings. The Labute approximate surface area is 132 Å². The maximum absolute atomic E-state index is 12.6. The van der Waals surface area contributed by atoms with Crippen LogP contribution in [0.2, 0.25) is 0 Å². The topological polar surface area (TPSA) is 49.4 Å². The van der Waals surface area contributed by atoms with Crippen molar-refractivity contribution in [2.24, 2.45) is 5.92 Å². The van der Waals surface area contributed by atoms with Gasteiger partial charge in [0.2, 0.25) is 5.91 Å². The van der Waals surface area contributed by atoms with Crippen LogP contribution in [0.3, 0.4) is 0 Å². The van der Waals surface area contributed by atoms with Crippen LogP contribution < -0.4 is 5.43 Å². The second-order valence-electron chi connectivity index (χ2n) is 7.09.